The normalized spacial score (nSPS) is 18.4. The van der Waals surface area contributed by atoms with Crippen molar-refractivity contribution < 1.29 is 9.53 Å². The van der Waals surface area contributed by atoms with Gasteiger partial charge in [-0.15, -0.1) is 11.3 Å². The quantitative estimate of drug-likeness (QED) is 0.812. The SMILES string of the molecule is CC(=O)c1sc2c(c1N)c(=O)[nH]c(=O)n2C[C@H]1CCCO1. The number of hydrogen-bond acceptors (Lipinski definition) is 6. The molecule has 1 aliphatic rings. The van der Waals surface area contributed by atoms with Crippen LogP contribution in [0.2, 0.25) is 0 Å². The second-order valence-corrected chi connectivity index (χ2v) is 6.09. The van der Waals surface area contributed by atoms with Crippen LogP contribution in [0.25, 0.3) is 10.2 Å². The number of ketones is 1. The molecule has 112 valence electrons. The Bertz CT molecular complexity index is 826. The number of H-pyrrole nitrogens is 1. The van der Waals surface area contributed by atoms with Crippen LogP contribution in [0.15, 0.2) is 9.59 Å². The number of hydrogen-bond donors (Lipinski definition) is 2. The van der Waals surface area contributed by atoms with Gasteiger partial charge in [0.2, 0.25) is 0 Å². The fraction of sp³-hybridized carbons (Fsp3) is 0.462. The summed E-state index contributed by atoms with van der Waals surface area (Å²) in [5.41, 5.74) is 4.98. The van der Waals surface area contributed by atoms with E-state index in [9.17, 15) is 14.4 Å². The third kappa shape index (κ3) is 2.30. The minimum absolute atomic E-state index is 0.0547. The average Bonchev–Trinajstić information content (AvgIpc) is 3.02. The van der Waals surface area contributed by atoms with Crippen LogP contribution in [0, 0.1) is 0 Å². The van der Waals surface area contributed by atoms with Gasteiger partial charge in [0.25, 0.3) is 5.56 Å². The first-order valence-electron chi connectivity index (χ1n) is 6.66. The molecule has 0 aliphatic carbocycles. The van der Waals surface area contributed by atoms with E-state index in [0.717, 1.165) is 24.2 Å². The van der Waals surface area contributed by atoms with Crippen molar-refractivity contribution in [2.75, 3.05) is 12.3 Å². The molecule has 1 saturated heterocycles. The lowest BCUT2D eigenvalue weighted by molar-refractivity contribution is 0.0970. The molecule has 1 fully saturated rings. The molecule has 0 bridgehead atoms. The third-order valence-corrected chi connectivity index (χ3v) is 4.92. The number of nitrogens with two attached hydrogens (primary N) is 1. The van der Waals surface area contributed by atoms with E-state index in [0.29, 0.717) is 22.9 Å². The molecular formula is C13H15N3O4S. The van der Waals surface area contributed by atoms with E-state index in [1.54, 1.807) is 0 Å². The third-order valence-electron chi connectivity index (χ3n) is 3.59. The lowest BCUT2D eigenvalue weighted by Gasteiger charge is -2.12. The number of aromatic amines is 1. The fourth-order valence-electron chi connectivity index (χ4n) is 2.58. The number of rotatable bonds is 3. The summed E-state index contributed by atoms with van der Waals surface area (Å²) in [7, 11) is 0. The number of anilines is 1. The summed E-state index contributed by atoms with van der Waals surface area (Å²) in [5.74, 6) is -0.218. The van der Waals surface area contributed by atoms with Gasteiger partial charge in [-0.2, -0.15) is 0 Å². The summed E-state index contributed by atoms with van der Waals surface area (Å²) >= 11 is 1.08. The molecule has 0 radical (unpaired) electrons. The highest BCUT2D eigenvalue weighted by Crippen LogP contribution is 2.31. The number of fused-ring (bicyclic) bond motifs is 1. The van der Waals surface area contributed by atoms with Gasteiger partial charge < -0.3 is 10.5 Å². The number of aromatic nitrogens is 2. The van der Waals surface area contributed by atoms with Crippen LogP contribution in [0.5, 0.6) is 0 Å². The van der Waals surface area contributed by atoms with Gasteiger partial charge in [-0.1, -0.05) is 0 Å². The molecule has 8 heteroatoms. The Morgan fingerprint density at radius 1 is 1.52 bits per heavy atom. The van der Waals surface area contributed by atoms with Gasteiger partial charge >= 0.3 is 5.69 Å². The summed E-state index contributed by atoms with van der Waals surface area (Å²) in [5, 5.41) is 0.211. The molecule has 0 spiro atoms. The Morgan fingerprint density at radius 3 is 2.90 bits per heavy atom. The van der Waals surface area contributed by atoms with E-state index in [4.69, 9.17) is 10.5 Å². The lowest BCUT2D eigenvalue weighted by atomic mass is 10.2. The maximum atomic E-state index is 12.1. The van der Waals surface area contributed by atoms with Crippen LogP contribution < -0.4 is 17.0 Å². The van der Waals surface area contributed by atoms with Gasteiger partial charge in [0, 0.05) is 13.5 Å². The van der Waals surface area contributed by atoms with E-state index in [-0.39, 0.29) is 23.0 Å². The maximum absolute atomic E-state index is 12.1. The minimum atomic E-state index is -0.556. The first kappa shape index (κ1) is 14.0. The van der Waals surface area contributed by atoms with Gasteiger partial charge in [0.1, 0.15) is 4.83 Å². The lowest BCUT2D eigenvalue weighted by Crippen LogP contribution is -2.33. The number of thiophene rings is 1. The zero-order chi connectivity index (χ0) is 15.1. The molecule has 2 aromatic heterocycles. The summed E-state index contributed by atoms with van der Waals surface area (Å²) in [6.07, 6.45) is 1.77. The van der Waals surface area contributed by atoms with Crippen LogP contribution >= 0.6 is 11.3 Å². The van der Waals surface area contributed by atoms with E-state index in [1.165, 1.54) is 11.5 Å². The van der Waals surface area contributed by atoms with E-state index < -0.39 is 11.2 Å². The van der Waals surface area contributed by atoms with Crippen molar-refractivity contribution in [2.45, 2.75) is 32.4 Å². The largest absolute Gasteiger partial charge is 0.397 e. The molecule has 7 nitrogen and oxygen atoms in total. The van der Waals surface area contributed by atoms with Crippen molar-refractivity contribution in [3.8, 4) is 0 Å². The first-order valence-corrected chi connectivity index (χ1v) is 7.48. The predicted octanol–water partition coefficient (Wildman–Crippen LogP) is 0.715. The van der Waals surface area contributed by atoms with Crippen molar-refractivity contribution in [3.05, 3.63) is 25.7 Å². The molecule has 0 amide bonds. The molecule has 3 rings (SSSR count). The van der Waals surface area contributed by atoms with Crippen molar-refractivity contribution in [1.82, 2.24) is 9.55 Å². The van der Waals surface area contributed by atoms with Gasteiger partial charge in [0.05, 0.1) is 28.6 Å². The first-order chi connectivity index (χ1) is 9.99. The topological polar surface area (TPSA) is 107 Å². The van der Waals surface area contributed by atoms with Crippen LogP contribution in [-0.4, -0.2) is 28.0 Å². The summed E-state index contributed by atoms with van der Waals surface area (Å²) in [6, 6.07) is 0. The Kier molecular flexibility index (Phi) is 3.42. The molecule has 1 aliphatic heterocycles. The minimum Gasteiger partial charge on any atom is -0.397 e. The number of carbonyl (C=O) groups excluding carboxylic acids is 1. The van der Waals surface area contributed by atoms with Crippen molar-refractivity contribution in [2.24, 2.45) is 0 Å². The number of Topliss-reactive ketones (excluding diaryl/α,β-unsaturated/α-hetero) is 1. The zero-order valence-corrected chi connectivity index (χ0v) is 12.3. The number of carbonyl (C=O) groups is 1. The van der Waals surface area contributed by atoms with Gasteiger partial charge in [-0.3, -0.25) is 19.1 Å². The molecule has 1 atom stereocenters. The maximum Gasteiger partial charge on any atom is 0.329 e. The highest BCUT2D eigenvalue weighted by Gasteiger charge is 2.22. The van der Waals surface area contributed by atoms with Gasteiger partial charge in [0.15, 0.2) is 5.78 Å². The Balaban J connectivity index is 2.23. The second kappa shape index (κ2) is 5.12. The van der Waals surface area contributed by atoms with Gasteiger partial charge in [-0.05, 0) is 12.8 Å². The fourth-order valence-corrected chi connectivity index (χ4v) is 3.70. The highest BCUT2D eigenvalue weighted by molar-refractivity contribution is 7.21. The molecule has 21 heavy (non-hydrogen) atoms. The highest BCUT2D eigenvalue weighted by atomic mass is 32.1. The number of nitrogens with one attached hydrogen (secondary N) is 1. The van der Waals surface area contributed by atoms with Crippen LogP contribution in [0.4, 0.5) is 5.69 Å². The summed E-state index contributed by atoms with van der Waals surface area (Å²) in [4.78, 5) is 38.6. The molecule has 0 unspecified atom stereocenters. The average molecular weight is 309 g/mol. The Labute approximate surface area is 123 Å². The zero-order valence-electron chi connectivity index (χ0n) is 11.5. The number of nitrogen functional groups attached to an aromatic ring is 1. The van der Waals surface area contributed by atoms with Crippen molar-refractivity contribution >= 4 is 33.0 Å². The van der Waals surface area contributed by atoms with E-state index >= 15 is 0 Å². The molecule has 0 saturated carbocycles. The standard InChI is InChI=1S/C13H15N3O4S/c1-6(17)10-9(14)8-11(18)15-13(19)16(12(8)21-10)5-7-3-2-4-20-7/h7H,2-5,14H2,1H3,(H,15,18,19)/t7-/m1/s1. The van der Waals surface area contributed by atoms with Crippen LogP contribution in [0.1, 0.15) is 29.4 Å². The monoisotopic (exact) mass is 309 g/mol. The van der Waals surface area contributed by atoms with E-state index in [2.05, 4.69) is 4.98 Å². The molecule has 2 aromatic rings. The Morgan fingerprint density at radius 2 is 2.29 bits per heavy atom. The summed E-state index contributed by atoms with van der Waals surface area (Å²) < 4.78 is 6.97. The number of ether oxygens (including phenoxy) is 1. The smallest absolute Gasteiger partial charge is 0.329 e. The van der Waals surface area contributed by atoms with Crippen LogP contribution in [-0.2, 0) is 11.3 Å². The predicted molar refractivity (Wildman–Crippen MR) is 80.1 cm³/mol. The van der Waals surface area contributed by atoms with E-state index in [1.807, 2.05) is 0 Å². The van der Waals surface area contributed by atoms with Gasteiger partial charge in [-0.25, -0.2) is 4.79 Å². The number of nitrogens with zero attached hydrogens (tertiary/aromatic N) is 1. The molecule has 3 N–H and O–H groups in total. The van der Waals surface area contributed by atoms with Crippen molar-refractivity contribution in [3.63, 3.8) is 0 Å². The van der Waals surface area contributed by atoms with Crippen LogP contribution in [0.3, 0.4) is 0 Å². The summed E-state index contributed by atoms with van der Waals surface area (Å²) in [6.45, 7) is 2.42. The molecule has 3 heterocycles. The Hall–Kier alpha value is -1.93. The van der Waals surface area contributed by atoms with Crippen molar-refractivity contribution in [1.29, 1.82) is 0 Å². The molecule has 0 aromatic carbocycles. The molecular weight excluding hydrogens is 294 g/mol. The second-order valence-electron chi connectivity index (χ2n) is 5.09.